The van der Waals surface area contributed by atoms with Crippen LogP contribution in [0.15, 0.2) is 239 Å². The second-order valence-electron chi connectivity index (χ2n) is 17.9. The Kier molecular flexibility index (Phi) is 9.26. The fourth-order valence-corrected chi connectivity index (χ4v) is 10.4. The molecule has 0 saturated carbocycles. The monoisotopic (exact) mass is 872 g/mol. The van der Waals surface area contributed by atoms with E-state index in [2.05, 4.69) is 254 Å². The summed E-state index contributed by atoms with van der Waals surface area (Å²) in [6.07, 6.45) is 0. The molecule has 13 rings (SSSR count). The van der Waals surface area contributed by atoms with Gasteiger partial charge in [-0.3, -0.25) is 0 Å². The second-order valence-corrected chi connectivity index (χ2v) is 17.9. The highest BCUT2D eigenvalue weighted by atomic mass is 16.4. The van der Waals surface area contributed by atoms with E-state index in [0.717, 1.165) is 122 Å². The van der Waals surface area contributed by atoms with Gasteiger partial charge in [0.2, 0.25) is 0 Å². The van der Waals surface area contributed by atoms with E-state index in [1.807, 2.05) is 0 Å². The largest absolute Gasteiger partial charge is 0.452 e. The highest BCUT2D eigenvalue weighted by Gasteiger charge is 2.27. The molecule has 0 unspecified atom stereocenters. The number of nitrogens with zero attached hydrogens (tertiary/aromatic N) is 2. The van der Waals surface area contributed by atoms with Gasteiger partial charge in [-0.2, -0.15) is 0 Å². The van der Waals surface area contributed by atoms with Gasteiger partial charge in [-0.25, -0.2) is 0 Å². The molecular formula is C64H44N2O2. The Morgan fingerprint density at radius 1 is 0.294 bits per heavy atom. The molecule has 0 radical (unpaired) electrons. The van der Waals surface area contributed by atoms with Crippen LogP contribution in [0.1, 0.15) is 11.1 Å². The van der Waals surface area contributed by atoms with E-state index in [-0.39, 0.29) is 0 Å². The lowest BCUT2D eigenvalue weighted by Crippen LogP contribution is -2.09. The Balaban J connectivity index is 1.07. The minimum Gasteiger partial charge on any atom is -0.452 e. The first-order chi connectivity index (χ1) is 33.5. The predicted octanol–water partition coefficient (Wildman–Crippen LogP) is 18.7. The van der Waals surface area contributed by atoms with E-state index in [1.54, 1.807) is 0 Å². The van der Waals surface area contributed by atoms with E-state index >= 15 is 0 Å². The molecule has 0 bridgehead atoms. The third-order valence-electron chi connectivity index (χ3n) is 13.4. The van der Waals surface area contributed by atoms with Gasteiger partial charge in [0.25, 0.3) is 0 Å². The van der Waals surface area contributed by atoms with Crippen LogP contribution in [0.25, 0.3) is 87.7 Å². The minimum atomic E-state index is 0.741. The van der Waals surface area contributed by atoms with Gasteiger partial charge in [0, 0.05) is 66.8 Å². The summed E-state index contributed by atoms with van der Waals surface area (Å²) < 4.78 is 14.4. The molecule has 68 heavy (non-hydrogen) atoms. The number of hydrogen-bond acceptors (Lipinski definition) is 4. The average Bonchev–Trinajstić information content (AvgIpc) is 3.94. The molecule has 2 aromatic heterocycles. The number of aryl methyl sites for hydroxylation is 2. The number of hydrogen-bond donors (Lipinski definition) is 0. The van der Waals surface area contributed by atoms with Crippen LogP contribution in [0, 0.1) is 13.8 Å². The number of rotatable bonds is 8. The van der Waals surface area contributed by atoms with Crippen molar-refractivity contribution in [2.75, 3.05) is 9.80 Å². The molecule has 0 aliphatic carbocycles. The van der Waals surface area contributed by atoms with Crippen molar-refractivity contribution in [2.24, 2.45) is 0 Å². The quantitative estimate of drug-likeness (QED) is 0.152. The first kappa shape index (κ1) is 39.5. The Morgan fingerprint density at radius 3 is 1.06 bits per heavy atom. The molecule has 4 heteroatoms. The Labute approximate surface area is 394 Å². The lowest BCUT2D eigenvalue weighted by atomic mass is 9.87. The van der Waals surface area contributed by atoms with Crippen LogP contribution in [0.2, 0.25) is 0 Å². The number of benzene rings is 11. The summed E-state index contributed by atoms with van der Waals surface area (Å²) in [6.45, 7) is 4.28. The van der Waals surface area contributed by atoms with Crippen molar-refractivity contribution in [3.05, 3.63) is 242 Å². The van der Waals surface area contributed by atoms with Crippen molar-refractivity contribution in [3.8, 4) is 22.3 Å². The first-order valence-electron chi connectivity index (χ1n) is 23.2. The van der Waals surface area contributed by atoms with Crippen molar-refractivity contribution in [2.45, 2.75) is 13.8 Å². The van der Waals surface area contributed by atoms with Gasteiger partial charge in [-0.1, -0.05) is 133 Å². The van der Waals surface area contributed by atoms with Gasteiger partial charge in [-0.15, -0.1) is 0 Å². The van der Waals surface area contributed by atoms with Crippen LogP contribution in [0.5, 0.6) is 0 Å². The maximum atomic E-state index is 7.18. The Morgan fingerprint density at radius 2 is 0.662 bits per heavy atom. The van der Waals surface area contributed by atoms with Crippen molar-refractivity contribution < 1.29 is 8.83 Å². The molecule has 0 saturated heterocycles. The summed E-state index contributed by atoms with van der Waals surface area (Å²) in [5, 5.41) is 8.60. The van der Waals surface area contributed by atoms with E-state index in [4.69, 9.17) is 8.83 Å². The third kappa shape index (κ3) is 6.60. The third-order valence-corrected chi connectivity index (χ3v) is 13.4. The highest BCUT2D eigenvalue weighted by molar-refractivity contribution is 6.31. The van der Waals surface area contributed by atoms with Gasteiger partial charge < -0.3 is 18.6 Å². The van der Waals surface area contributed by atoms with Crippen LogP contribution < -0.4 is 9.80 Å². The molecular weight excluding hydrogens is 829 g/mol. The van der Waals surface area contributed by atoms with Crippen molar-refractivity contribution >= 4 is 99.5 Å². The van der Waals surface area contributed by atoms with Crippen molar-refractivity contribution in [3.63, 3.8) is 0 Å². The lowest BCUT2D eigenvalue weighted by molar-refractivity contribution is 0.634. The van der Waals surface area contributed by atoms with Gasteiger partial charge in [-0.05, 0) is 155 Å². The van der Waals surface area contributed by atoms with E-state index in [1.165, 1.54) is 11.1 Å². The topological polar surface area (TPSA) is 32.8 Å². The van der Waals surface area contributed by atoms with Gasteiger partial charge >= 0.3 is 0 Å². The molecule has 0 fully saturated rings. The summed E-state index contributed by atoms with van der Waals surface area (Å²) in [4.78, 5) is 4.64. The number of fused-ring (bicyclic) bond motifs is 9. The van der Waals surface area contributed by atoms with E-state index in [9.17, 15) is 0 Å². The van der Waals surface area contributed by atoms with Gasteiger partial charge in [0.15, 0.2) is 11.2 Å². The van der Waals surface area contributed by atoms with E-state index < -0.39 is 0 Å². The Bertz CT molecular complexity index is 3780. The SMILES string of the molecule is Cc1cccc(N(c2ccccc2)c2ccc3cc4c(cc3c2)oc2c3oc5cc6cc(N(c7ccccc7)c7cccc(C)c7)ccc6cc5c3c(-c3ccccc3)c(-c3ccccc3)c42)c1. The fraction of sp³-hybridized carbons (Fsp3) is 0.0312. The maximum Gasteiger partial charge on any atom is 0.179 e. The van der Waals surface area contributed by atoms with E-state index in [0.29, 0.717) is 0 Å². The molecule has 2 heterocycles. The minimum absolute atomic E-state index is 0.741. The number of furan rings is 2. The smallest absolute Gasteiger partial charge is 0.179 e. The molecule has 0 spiro atoms. The van der Waals surface area contributed by atoms with Gasteiger partial charge in [0.1, 0.15) is 11.2 Å². The molecule has 13 aromatic rings. The summed E-state index contributed by atoms with van der Waals surface area (Å²) in [5.74, 6) is 0. The summed E-state index contributed by atoms with van der Waals surface area (Å²) in [6, 6.07) is 82.6. The predicted molar refractivity (Wildman–Crippen MR) is 286 cm³/mol. The summed E-state index contributed by atoms with van der Waals surface area (Å²) in [5.41, 5.74) is 16.5. The van der Waals surface area contributed by atoms with Crippen LogP contribution in [0.4, 0.5) is 34.1 Å². The molecule has 0 aliphatic rings. The van der Waals surface area contributed by atoms with Crippen LogP contribution in [-0.2, 0) is 0 Å². The maximum absolute atomic E-state index is 7.18. The molecule has 0 atom stereocenters. The normalized spacial score (nSPS) is 11.7. The highest BCUT2D eigenvalue weighted by Crippen LogP contribution is 2.52. The van der Waals surface area contributed by atoms with Crippen LogP contribution in [-0.4, -0.2) is 0 Å². The van der Waals surface area contributed by atoms with Crippen molar-refractivity contribution in [1.82, 2.24) is 0 Å². The molecule has 11 aromatic carbocycles. The number of para-hydroxylation sites is 2. The van der Waals surface area contributed by atoms with Gasteiger partial charge in [0.05, 0.1) is 0 Å². The first-order valence-corrected chi connectivity index (χ1v) is 23.2. The molecule has 4 nitrogen and oxygen atoms in total. The standard InChI is InChI=1S/C64H44N2O2/c1-41-17-15-27-51(33-41)65(49-23-11-5-12-24-49)53-31-29-45-37-55-57(39-47(45)35-53)67-63-61(55)59(43-19-7-3-8-20-43)60(44-21-9-4-10-22-44)62-56-38-46-30-32-54(36-48(46)40-58(56)68-64(62)63)66(50-25-13-6-14-26-50)52-28-16-18-42(2)34-52/h3-40H,1-2H3. The Hall–Kier alpha value is -8.86. The van der Waals surface area contributed by atoms with Crippen molar-refractivity contribution in [1.29, 1.82) is 0 Å². The molecule has 0 amide bonds. The lowest BCUT2D eigenvalue weighted by Gasteiger charge is -2.26. The summed E-state index contributed by atoms with van der Waals surface area (Å²) in [7, 11) is 0. The zero-order valence-corrected chi connectivity index (χ0v) is 37.7. The molecule has 322 valence electrons. The van der Waals surface area contributed by atoms with Crippen LogP contribution >= 0.6 is 0 Å². The zero-order chi connectivity index (χ0) is 45.3. The average molecular weight is 873 g/mol. The number of anilines is 6. The second kappa shape index (κ2) is 15.9. The summed E-state index contributed by atoms with van der Waals surface area (Å²) >= 11 is 0. The molecule has 0 N–H and O–H groups in total. The molecule has 0 aliphatic heterocycles. The zero-order valence-electron chi connectivity index (χ0n) is 37.7. The fourth-order valence-electron chi connectivity index (χ4n) is 10.4. The van der Waals surface area contributed by atoms with Crippen LogP contribution in [0.3, 0.4) is 0 Å².